The minimum atomic E-state index is 1.18. The Bertz CT molecular complexity index is 207. The molecule has 0 bridgehead atoms. The van der Waals surface area contributed by atoms with Gasteiger partial charge in [-0.1, -0.05) is 19.9 Å². The Balaban J connectivity index is 2.69. The molecule has 0 saturated carbocycles. The highest BCUT2D eigenvalue weighted by atomic mass is 15.3. The Labute approximate surface area is 82.3 Å². The Hall–Kier alpha value is -0.560. The summed E-state index contributed by atoms with van der Waals surface area (Å²) in [5.41, 5.74) is 1.52. The van der Waals surface area contributed by atoms with Crippen LogP contribution in [0.4, 0.5) is 0 Å². The smallest absolute Gasteiger partial charge is 0.105 e. The number of nitrogens with zero attached hydrogens (tertiary/aromatic N) is 1. The van der Waals surface area contributed by atoms with Crippen molar-refractivity contribution in [2.45, 2.75) is 33.6 Å². The molecular weight excluding hydrogens is 158 g/mol. The van der Waals surface area contributed by atoms with Crippen LogP contribution < -0.4 is 0 Å². The second-order valence-corrected chi connectivity index (χ2v) is 4.18. The van der Waals surface area contributed by atoms with E-state index < -0.39 is 0 Å². The van der Waals surface area contributed by atoms with Crippen LogP contribution in [0.5, 0.6) is 0 Å². The third-order valence-corrected chi connectivity index (χ3v) is 2.69. The van der Waals surface area contributed by atoms with Crippen LogP contribution in [0.1, 0.15) is 33.6 Å². The van der Waals surface area contributed by atoms with Crippen LogP contribution in [0.25, 0.3) is 0 Å². The maximum absolute atomic E-state index is 2.38. The number of hydrogen-bond acceptors (Lipinski definition) is 0. The maximum atomic E-state index is 2.38. The summed E-state index contributed by atoms with van der Waals surface area (Å²) in [4.78, 5) is 0. The first kappa shape index (κ1) is 10.5. The van der Waals surface area contributed by atoms with Gasteiger partial charge in [-0.2, -0.15) is 0 Å². The summed E-state index contributed by atoms with van der Waals surface area (Å²) < 4.78 is 1.18. The molecule has 0 amide bonds. The van der Waals surface area contributed by atoms with Gasteiger partial charge in [-0.3, -0.25) is 4.48 Å². The van der Waals surface area contributed by atoms with E-state index in [-0.39, 0.29) is 0 Å². The van der Waals surface area contributed by atoms with Crippen LogP contribution in [0.2, 0.25) is 0 Å². The third-order valence-electron chi connectivity index (χ3n) is 2.69. The summed E-state index contributed by atoms with van der Waals surface area (Å²) >= 11 is 0. The second kappa shape index (κ2) is 4.61. The predicted octanol–water partition coefficient (Wildman–Crippen LogP) is 3.10. The van der Waals surface area contributed by atoms with Gasteiger partial charge < -0.3 is 0 Å². The molecule has 0 saturated heterocycles. The minimum absolute atomic E-state index is 1.18. The fourth-order valence-corrected chi connectivity index (χ4v) is 2.30. The third kappa shape index (κ3) is 2.70. The first-order valence-corrected chi connectivity index (χ1v) is 5.43. The van der Waals surface area contributed by atoms with Gasteiger partial charge in [0.2, 0.25) is 0 Å². The minimum Gasteiger partial charge on any atom is -0.294 e. The van der Waals surface area contributed by atoms with Crippen LogP contribution >= 0.6 is 0 Å². The van der Waals surface area contributed by atoms with E-state index in [9.17, 15) is 0 Å². The van der Waals surface area contributed by atoms with Crippen molar-refractivity contribution < 1.29 is 4.48 Å². The molecule has 74 valence electrons. The van der Waals surface area contributed by atoms with Gasteiger partial charge in [0.15, 0.2) is 0 Å². The number of allylic oxidation sites excluding steroid dienone is 2. The molecule has 1 heteroatoms. The molecule has 0 N–H and O–H groups in total. The van der Waals surface area contributed by atoms with E-state index in [0.717, 1.165) is 0 Å². The van der Waals surface area contributed by atoms with Gasteiger partial charge in [-0.15, -0.1) is 0 Å². The summed E-state index contributed by atoms with van der Waals surface area (Å²) in [7, 11) is 0. The van der Waals surface area contributed by atoms with Gasteiger partial charge in [0.25, 0.3) is 0 Å². The average molecular weight is 180 g/mol. The quantitative estimate of drug-likeness (QED) is 0.583. The first-order valence-electron chi connectivity index (χ1n) is 5.43. The Morgan fingerprint density at radius 3 is 2.31 bits per heavy atom. The molecule has 1 aliphatic rings. The predicted molar refractivity (Wildman–Crippen MR) is 58.3 cm³/mol. The number of quaternary nitrogens is 1. The summed E-state index contributed by atoms with van der Waals surface area (Å²) in [5, 5.41) is 0. The van der Waals surface area contributed by atoms with Gasteiger partial charge in [0.1, 0.15) is 6.54 Å². The van der Waals surface area contributed by atoms with Crippen molar-refractivity contribution in [1.29, 1.82) is 0 Å². The van der Waals surface area contributed by atoms with E-state index in [0.29, 0.717) is 0 Å². The van der Waals surface area contributed by atoms with Crippen LogP contribution in [0.3, 0.4) is 0 Å². The zero-order valence-corrected chi connectivity index (χ0v) is 9.21. The second-order valence-electron chi connectivity index (χ2n) is 4.18. The molecule has 0 atom stereocenters. The van der Waals surface area contributed by atoms with Crippen LogP contribution in [-0.2, 0) is 0 Å². The molecule has 1 nitrogen and oxygen atoms in total. The van der Waals surface area contributed by atoms with Crippen LogP contribution in [0.15, 0.2) is 23.9 Å². The Kier molecular flexibility index (Phi) is 3.73. The van der Waals surface area contributed by atoms with Gasteiger partial charge in [0, 0.05) is 0 Å². The average Bonchev–Trinajstić information content (AvgIpc) is 2.04. The van der Waals surface area contributed by atoms with Crippen molar-refractivity contribution in [3.05, 3.63) is 23.9 Å². The summed E-state index contributed by atoms with van der Waals surface area (Å²) in [6.07, 6.45) is 9.39. The topological polar surface area (TPSA) is 0 Å². The molecule has 1 rings (SSSR count). The van der Waals surface area contributed by atoms with E-state index in [1.807, 2.05) is 0 Å². The molecule has 0 aromatic carbocycles. The van der Waals surface area contributed by atoms with E-state index in [2.05, 4.69) is 39.1 Å². The van der Waals surface area contributed by atoms with Gasteiger partial charge in [0.05, 0.1) is 19.3 Å². The molecular formula is C12H22N+. The lowest BCUT2D eigenvalue weighted by Gasteiger charge is -2.36. The monoisotopic (exact) mass is 180 g/mol. The fourth-order valence-electron chi connectivity index (χ4n) is 2.30. The van der Waals surface area contributed by atoms with Crippen molar-refractivity contribution >= 4 is 0 Å². The Morgan fingerprint density at radius 2 is 1.85 bits per heavy atom. The standard InChI is InChI=1S/C12H22N/c1-4-8-13(9-5-2)10-6-7-12(3)11-13/h6-7,10H,4-5,8-9,11H2,1-3H3/q+1. The molecule has 0 radical (unpaired) electrons. The van der Waals surface area contributed by atoms with Crippen molar-refractivity contribution in [2.75, 3.05) is 19.6 Å². The normalized spacial score (nSPS) is 20.1. The lowest BCUT2D eigenvalue weighted by atomic mass is 10.1. The summed E-state index contributed by atoms with van der Waals surface area (Å²) in [6, 6.07) is 0. The van der Waals surface area contributed by atoms with Gasteiger partial charge >= 0.3 is 0 Å². The van der Waals surface area contributed by atoms with Crippen LogP contribution in [-0.4, -0.2) is 24.1 Å². The SMILES string of the molecule is CCC[N+]1(CCC)C=CC=C(C)C1. The molecule has 0 aromatic heterocycles. The maximum Gasteiger partial charge on any atom is 0.105 e. The molecule has 0 spiro atoms. The lowest BCUT2D eigenvalue weighted by Crippen LogP contribution is -2.46. The largest absolute Gasteiger partial charge is 0.294 e. The lowest BCUT2D eigenvalue weighted by molar-refractivity contribution is -0.875. The van der Waals surface area contributed by atoms with Crippen molar-refractivity contribution in [3.63, 3.8) is 0 Å². The zero-order chi connectivity index (χ0) is 9.73. The van der Waals surface area contributed by atoms with E-state index >= 15 is 0 Å². The number of hydrogen-bond donors (Lipinski definition) is 0. The molecule has 1 heterocycles. The summed E-state index contributed by atoms with van der Waals surface area (Å²) in [6.45, 7) is 10.6. The highest BCUT2D eigenvalue weighted by Crippen LogP contribution is 2.18. The molecule has 0 aromatic rings. The highest BCUT2D eigenvalue weighted by Gasteiger charge is 2.24. The van der Waals surface area contributed by atoms with E-state index in [4.69, 9.17) is 0 Å². The van der Waals surface area contributed by atoms with Gasteiger partial charge in [-0.25, -0.2) is 0 Å². The zero-order valence-electron chi connectivity index (χ0n) is 9.21. The molecule has 1 aliphatic heterocycles. The highest BCUT2D eigenvalue weighted by molar-refractivity contribution is 5.12. The summed E-state index contributed by atoms with van der Waals surface area (Å²) in [5.74, 6) is 0. The van der Waals surface area contributed by atoms with Crippen molar-refractivity contribution in [1.82, 2.24) is 0 Å². The molecule has 0 aliphatic carbocycles. The van der Waals surface area contributed by atoms with E-state index in [1.54, 1.807) is 0 Å². The first-order chi connectivity index (χ1) is 6.22. The van der Waals surface area contributed by atoms with E-state index in [1.165, 1.54) is 42.5 Å². The van der Waals surface area contributed by atoms with Crippen LogP contribution in [0, 0.1) is 0 Å². The molecule has 0 unspecified atom stereocenters. The van der Waals surface area contributed by atoms with Crippen molar-refractivity contribution in [2.24, 2.45) is 0 Å². The fraction of sp³-hybridized carbons (Fsp3) is 0.667. The van der Waals surface area contributed by atoms with Crippen molar-refractivity contribution in [3.8, 4) is 0 Å². The molecule has 0 fully saturated rings. The number of rotatable bonds is 4. The Morgan fingerprint density at radius 1 is 1.23 bits per heavy atom. The van der Waals surface area contributed by atoms with Gasteiger partial charge in [-0.05, 0) is 31.4 Å². The molecule has 13 heavy (non-hydrogen) atoms.